The lowest BCUT2D eigenvalue weighted by atomic mass is 10.1. The van der Waals surface area contributed by atoms with Gasteiger partial charge in [-0.3, -0.25) is 4.79 Å². The number of nitrogens with zero attached hydrogens (tertiary/aromatic N) is 1. The van der Waals surface area contributed by atoms with Crippen molar-refractivity contribution in [3.05, 3.63) is 70.8 Å². The molecule has 0 aliphatic carbocycles. The number of nitrogens with one attached hydrogen (secondary N) is 1. The van der Waals surface area contributed by atoms with Crippen LogP contribution in [0.15, 0.2) is 54.6 Å². The quantitative estimate of drug-likeness (QED) is 0.647. The lowest BCUT2D eigenvalue weighted by Gasteiger charge is -2.15. The number of aromatic nitrogens is 1. The second-order valence-corrected chi connectivity index (χ2v) is 7.21. The molecule has 4 heteroatoms. The lowest BCUT2D eigenvalue weighted by Crippen LogP contribution is -2.28. The van der Waals surface area contributed by atoms with Crippen LogP contribution in [-0.2, 0) is 6.54 Å². The van der Waals surface area contributed by atoms with Gasteiger partial charge in [0.1, 0.15) is 5.69 Å². The molecule has 2 heterocycles. The smallest absolute Gasteiger partial charge is 0.268 e. The second-order valence-electron chi connectivity index (χ2n) is 5.92. The van der Waals surface area contributed by atoms with Gasteiger partial charge in [0.2, 0.25) is 0 Å². The molecule has 0 spiro atoms. The van der Waals surface area contributed by atoms with E-state index in [2.05, 4.69) is 29.0 Å². The Balaban J connectivity index is 1.90. The first kappa shape index (κ1) is 16.5. The maximum Gasteiger partial charge on any atom is 0.268 e. The fourth-order valence-electron chi connectivity index (χ4n) is 2.86. The predicted molar refractivity (Wildman–Crippen MR) is 102 cm³/mol. The van der Waals surface area contributed by atoms with Crippen molar-refractivity contribution in [3.63, 3.8) is 0 Å². The van der Waals surface area contributed by atoms with Crippen LogP contribution in [0.5, 0.6) is 0 Å². The average molecular weight is 338 g/mol. The molecule has 0 bridgehead atoms. The zero-order valence-electron chi connectivity index (χ0n) is 14.2. The molecule has 0 fully saturated rings. The van der Waals surface area contributed by atoms with E-state index >= 15 is 0 Å². The molecule has 1 aromatic carbocycles. The Kier molecular flexibility index (Phi) is 4.86. The minimum absolute atomic E-state index is 0.0245. The van der Waals surface area contributed by atoms with Gasteiger partial charge in [-0.2, -0.15) is 0 Å². The summed E-state index contributed by atoms with van der Waals surface area (Å²) in [6.07, 6.45) is 4.09. The largest absolute Gasteiger partial charge is 0.344 e. The summed E-state index contributed by atoms with van der Waals surface area (Å²) >= 11 is 1.73. The molecule has 1 N–H and O–H groups in total. The van der Waals surface area contributed by atoms with Crippen LogP contribution in [-0.4, -0.2) is 10.5 Å². The highest BCUT2D eigenvalue weighted by Gasteiger charge is 2.18. The number of thiophene rings is 1. The van der Waals surface area contributed by atoms with Crippen LogP contribution in [0.25, 0.3) is 10.2 Å². The monoisotopic (exact) mass is 338 g/mol. The van der Waals surface area contributed by atoms with Crippen molar-refractivity contribution in [1.29, 1.82) is 0 Å². The maximum absolute atomic E-state index is 12.8. The number of carbonyl (C=O) groups is 1. The molecular formula is C20H22N2OS. The number of aryl methyl sites for hydroxylation is 1. The second kappa shape index (κ2) is 7.05. The van der Waals surface area contributed by atoms with Crippen LogP contribution < -0.4 is 5.32 Å². The highest BCUT2D eigenvalue weighted by atomic mass is 32.1. The molecule has 24 heavy (non-hydrogen) atoms. The van der Waals surface area contributed by atoms with E-state index in [-0.39, 0.29) is 11.9 Å². The number of carbonyl (C=O) groups excluding carboxylic acids is 1. The van der Waals surface area contributed by atoms with Gasteiger partial charge in [0.15, 0.2) is 0 Å². The van der Waals surface area contributed by atoms with E-state index in [0.29, 0.717) is 6.54 Å². The Bertz CT molecular complexity index is 874. The first-order valence-electron chi connectivity index (χ1n) is 8.16. The molecule has 1 amide bonds. The van der Waals surface area contributed by atoms with Gasteiger partial charge in [-0.25, -0.2) is 0 Å². The number of fused-ring (bicyclic) bond motifs is 1. The minimum atomic E-state index is -0.0306. The van der Waals surface area contributed by atoms with Crippen molar-refractivity contribution < 1.29 is 4.79 Å². The fourth-order valence-corrected chi connectivity index (χ4v) is 3.82. The van der Waals surface area contributed by atoms with Crippen LogP contribution in [0.2, 0.25) is 0 Å². The highest BCUT2D eigenvalue weighted by molar-refractivity contribution is 7.19. The van der Waals surface area contributed by atoms with Gasteiger partial charge in [0.05, 0.1) is 16.3 Å². The Labute approximate surface area is 146 Å². The summed E-state index contributed by atoms with van der Waals surface area (Å²) in [6.45, 7) is 6.82. The van der Waals surface area contributed by atoms with Crippen molar-refractivity contribution in [1.82, 2.24) is 9.88 Å². The van der Waals surface area contributed by atoms with Gasteiger partial charge in [-0.05, 0) is 38.5 Å². The Morgan fingerprint density at radius 3 is 2.75 bits per heavy atom. The summed E-state index contributed by atoms with van der Waals surface area (Å²) in [6, 6.07) is 14.2. The van der Waals surface area contributed by atoms with Crippen LogP contribution in [0.4, 0.5) is 0 Å². The molecule has 0 saturated carbocycles. The zero-order valence-corrected chi connectivity index (χ0v) is 15.1. The molecule has 2 aromatic heterocycles. The van der Waals surface area contributed by atoms with Crippen LogP contribution in [0.1, 0.15) is 40.8 Å². The van der Waals surface area contributed by atoms with Crippen molar-refractivity contribution in [3.8, 4) is 0 Å². The molecule has 0 radical (unpaired) electrons. The van der Waals surface area contributed by atoms with Crippen LogP contribution in [0, 0.1) is 6.92 Å². The molecule has 0 aliphatic rings. The van der Waals surface area contributed by atoms with Gasteiger partial charge in [0.25, 0.3) is 5.91 Å². The normalized spacial score (nSPS) is 12.8. The summed E-state index contributed by atoms with van der Waals surface area (Å²) in [5, 5.41) is 3.12. The number of amides is 1. The SMILES string of the molecule is CC=CCn1c(C(=O)NC(C)c2ccccc2)cc2sc(C)cc21. The Morgan fingerprint density at radius 2 is 2.04 bits per heavy atom. The van der Waals surface area contributed by atoms with E-state index < -0.39 is 0 Å². The Morgan fingerprint density at radius 1 is 1.29 bits per heavy atom. The van der Waals surface area contributed by atoms with Gasteiger partial charge < -0.3 is 9.88 Å². The number of allylic oxidation sites excluding steroid dienone is 2. The number of rotatable bonds is 5. The van der Waals surface area contributed by atoms with Crippen molar-refractivity contribution >= 4 is 27.5 Å². The summed E-state index contributed by atoms with van der Waals surface area (Å²) in [5.74, 6) is -0.0306. The van der Waals surface area contributed by atoms with Crippen LogP contribution >= 0.6 is 11.3 Å². The summed E-state index contributed by atoms with van der Waals surface area (Å²) in [7, 11) is 0. The third kappa shape index (κ3) is 3.29. The highest BCUT2D eigenvalue weighted by Crippen LogP contribution is 2.29. The van der Waals surface area contributed by atoms with Gasteiger partial charge in [-0.1, -0.05) is 42.5 Å². The van der Waals surface area contributed by atoms with E-state index in [9.17, 15) is 4.79 Å². The fraction of sp³-hybridized carbons (Fsp3) is 0.250. The van der Waals surface area contributed by atoms with Gasteiger partial charge in [-0.15, -0.1) is 11.3 Å². The van der Waals surface area contributed by atoms with Crippen LogP contribution in [0.3, 0.4) is 0 Å². The first-order valence-corrected chi connectivity index (χ1v) is 8.98. The van der Waals surface area contributed by atoms with E-state index in [1.165, 1.54) is 4.88 Å². The van der Waals surface area contributed by atoms with E-state index in [1.807, 2.05) is 56.3 Å². The molecule has 124 valence electrons. The molecule has 3 aromatic rings. The molecule has 1 atom stereocenters. The maximum atomic E-state index is 12.8. The number of benzene rings is 1. The number of hydrogen-bond donors (Lipinski definition) is 1. The molecule has 3 rings (SSSR count). The van der Waals surface area contributed by atoms with Crippen molar-refractivity contribution in [2.24, 2.45) is 0 Å². The Hall–Kier alpha value is -2.33. The zero-order chi connectivity index (χ0) is 17.1. The summed E-state index contributed by atoms with van der Waals surface area (Å²) in [4.78, 5) is 14.1. The third-order valence-electron chi connectivity index (χ3n) is 4.12. The summed E-state index contributed by atoms with van der Waals surface area (Å²) < 4.78 is 3.25. The molecule has 3 nitrogen and oxygen atoms in total. The topological polar surface area (TPSA) is 34.0 Å². The molecule has 1 unspecified atom stereocenters. The molecule has 0 aliphatic heterocycles. The predicted octanol–water partition coefficient (Wildman–Crippen LogP) is 5.08. The number of hydrogen-bond acceptors (Lipinski definition) is 2. The minimum Gasteiger partial charge on any atom is -0.344 e. The van der Waals surface area contributed by atoms with Crippen molar-refractivity contribution in [2.75, 3.05) is 0 Å². The van der Waals surface area contributed by atoms with Gasteiger partial charge in [0, 0.05) is 11.4 Å². The first-order chi connectivity index (χ1) is 11.6. The third-order valence-corrected chi connectivity index (χ3v) is 5.10. The average Bonchev–Trinajstić information content (AvgIpc) is 3.10. The van der Waals surface area contributed by atoms with Gasteiger partial charge >= 0.3 is 0 Å². The summed E-state index contributed by atoms with van der Waals surface area (Å²) in [5.41, 5.74) is 2.96. The molecular weight excluding hydrogens is 316 g/mol. The van der Waals surface area contributed by atoms with Crippen molar-refractivity contribution in [2.45, 2.75) is 33.4 Å². The lowest BCUT2D eigenvalue weighted by molar-refractivity contribution is 0.0931. The standard InChI is InChI=1S/C20H22N2OS/c1-4-5-11-22-17-12-14(2)24-19(17)13-18(22)20(23)21-15(3)16-9-7-6-8-10-16/h4-10,12-13,15H,11H2,1-3H3,(H,21,23). The molecule has 0 saturated heterocycles. The van der Waals surface area contributed by atoms with E-state index in [4.69, 9.17) is 0 Å². The van der Waals surface area contributed by atoms with E-state index in [1.54, 1.807) is 11.3 Å². The van der Waals surface area contributed by atoms with E-state index in [0.717, 1.165) is 21.5 Å².